The van der Waals surface area contributed by atoms with Gasteiger partial charge in [-0.15, -0.1) is 0 Å². The zero-order valence-electron chi connectivity index (χ0n) is 16.5. The van der Waals surface area contributed by atoms with Crippen molar-refractivity contribution in [3.8, 4) is 22.5 Å². The van der Waals surface area contributed by atoms with E-state index in [1.54, 1.807) is 18.3 Å². The van der Waals surface area contributed by atoms with E-state index in [4.69, 9.17) is 11.5 Å². The molecular formula is C22H18FN7O. The molecule has 0 spiro atoms. The molecule has 154 valence electrons. The largest absolute Gasteiger partial charge is 0.397 e. The second kappa shape index (κ2) is 8.15. The van der Waals surface area contributed by atoms with Gasteiger partial charge < -0.3 is 16.8 Å². The van der Waals surface area contributed by atoms with Crippen molar-refractivity contribution in [2.45, 2.75) is 6.92 Å². The molecule has 1 amide bonds. The van der Waals surface area contributed by atoms with Crippen LogP contribution in [-0.2, 0) is 0 Å². The summed E-state index contributed by atoms with van der Waals surface area (Å²) in [6.45, 7) is 1.83. The van der Waals surface area contributed by atoms with E-state index < -0.39 is 11.7 Å². The van der Waals surface area contributed by atoms with Crippen molar-refractivity contribution in [2.24, 2.45) is 0 Å². The maximum Gasteiger partial charge on any atom is 0.276 e. The molecule has 4 aromatic heterocycles. The van der Waals surface area contributed by atoms with Gasteiger partial charge in [-0.2, -0.15) is 0 Å². The van der Waals surface area contributed by atoms with E-state index in [9.17, 15) is 9.18 Å². The highest BCUT2D eigenvalue weighted by molar-refractivity contribution is 6.08. The average Bonchev–Trinajstić information content (AvgIpc) is 2.74. The first-order valence-corrected chi connectivity index (χ1v) is 9.29. The minimum absolute atomic E-state index is 0.0290. The second-order valence-electron chi connectivity index (χ2n) is 6.77. The number of hydrogen-bond donors (Lipinski definition) is 3. The molecule has 0 aliphatic rings. The molecule has 0 atom stereocenters. The van der Waals surface area contributed by atoms with Crippen molar-refractivity contribution in [1.29, 1.82) is 0 Å². The van der Waals surface area contributed by atoms with Crippen molar-refractivity contribution in [3.63, 3.8) is 0 Å². The van der Waals surface area contributed by atoms with Crippen LogP contribution in [-0.4, -0.2) is 25.8 Å². The summed E-state index contributed by atoms with van der Waals surface area (Å²) in [5.41, 5.74) is 14.8. The highest BCUT2D eigenvalue weighted by Gasteiger charge is 2.18. The van der Waals surface area contributed by atoms with Crippen molar-refractivity contribution in [1.82, 2.24) is 19.9 Å². The van der Waals surface area contributed by atoms with Crippen LogP contribution in [0.3, 0.4) is 0 Å². The van der Waals surface area contributed by atoms with Crippen LogP contribution in [0.15, 0.2) is 61.1 Å². The normalized spacial score (nSPS) is 10.6. The number of carbonyl (C=O) groups is 1. The number of hydrogen-bond acceptors (Lipinski definition) is 7. The third-order valence-electron chi connectivity index (χ3n) is 4.50. The first-order valence-electron chi connectivity index (χ1n) is 9.29. The Morgan fingerprint density at radius 1 is 1.06 bits per heavy atom. The maximum absolute atomic E-state index is 14.1. The highest BCUT2D eigenvalue weighted by Crippen LogP contribution is 2.29. The van der Waals surface area contributed by atoms with E-state index >= 15 is 0 Å². The molecule has 0 saturated heterocycles. The number of anilines is 3. The fourth-order valence-corrected chi connectivity index (χ4v) is 3.13. The third kappa shape index (κ3) is 4.15. The van der Waals surface area contributed by atoms with Gasteiger partial charge in [-0.1, -0.05) is 0 Å². The van der Waals surface area contributed by atoms with E-state index in [2.05, 4.69) is 25.3 Å². The molecule has 9 heteroatoms. The molecule has 0 bridgehead atoms. The number of nitrogens with one attached hydrogen (secondary N) is 1. The van der Waals surface area contributed by atoms with Gasteiger partial charge in [0.25, 0.3) is 5.91 Å². The fraction of sp³-hybridized carbons (Fsp3) is 0.0455. The first kappa shape index (κ1) is 19.9. The molecule has 8 nitrogen and oxygen atoms in total. The van der Waals surface area contributed by atoms with Gasteiger partial charge in [0.05, 0.1) is 23.3 Å². The van der Waals surface area contributed by atoms with Crippen LogP contribution >= 0.6 is 0 Å². The molecule has 4 rings (SSSR count). The smallest absolute Gasteiger partial charge is 0.276 e. The second-order valence-corrected chi connectivity index (χ2v) is 6.77. The fourth-order valence-electron chi connectivity index (χ4n) is 3.13. The summed E-state index contributed by atoms with van der Waals surface area (Å²) in [6.07, 6.45) is 4.56. The number of carbonyl (C=O) groups excluding carboxylic acids is 1. The Morgan fingerprint density at radius 2 is 1.90 bits per heavy atom. The molecule has 4 heterocycles. The third-order valence-corrected chi connectivity index (χ3v) is 4.50. The van der Waals surface area contributed by atoms with Crippen molar-refractivity contribution in [3.05, 3.63) is 78.3 Å². The number of pyridine rings is 4. The lowest BCUT2D eigenvalue weighted by molar-refractivity contribution is 0.102. The standard InChI is InChI=1S/C22H18FN7O/c1-12-9-13(10-19(25)28-12)14-6-8-26-11-18(14)30-22(31)21-16(24)4-5-17(29-21)20-15(23)3-2-7-27-20/h2-11H,24H2,1H3,(H2,25,28)(H,30,31). The number of amides is 1. The molecule has 0 saturated carbocycles. The Labute approximate surface area is 177 Å². The summed E-state index contributed by atoms with van der Waals surface area (Å²) in [7, 11) is 0. The summed E-state index contributed by atoms with van der Waals surface area (Å²) in [6, 6.07) is 11.0. The van der Waals surface area contributed by atoms with Gasteiger partial charge in [0, 0.05) is 23.7 Å². The average molecular weight is 415 g/mol. The molecule has 0 aliphatic carbocycles. The zero-order chi connectivity index (χ0) is 22.0. The molecular weight excluding hydrogens is 397 g/mol. The SMILES string of the molecule is Cc1cc(-c2ccncc2NC(=O)c2nc(-c3ncccc3F)ccc2N)cc(N)n1. The quantitative estimate of drug-likeness (QED) is 0.465. The predicted octanol–water partition coefficient (Wildman–Crippen LogP) is 3.46. The van der Waals surface area contributed by atoms with Crippen LogP contribution in [0.2, 0.25) is 0 Å². The van der Waals surface area contributed by atoms with E-state index in [1.807, 2.05) is 13.0 Å². The van der Waals surface area contributed by atoms with Gasteiger partial charge in [0.2, 0.25) is 0 Å². The number of aromatic nitrogens is 4. The molecule has 0 radical (unpaired) electrons. The number of halogens is 1. The Bertz CT molecular complexity index is 1270. The first-order chi connectivity index (χ1) is 14.9. The van der Waals surface area contributed by atoms with Gasteiger partial charge >= 0.3 is 0 Å². The number of aryl methyl sites for hydroxylation is 1. The lowest BCUT2D eigenvalue weighted by atomic mass is 10.1. The molecule has 4 aromatic rings. The lowest BCUT2D eigenvalue weighted by Gasteiger charge is -2.13. The monoisotopic (exact) mass is 415 g/mol. The number of nitrogen functional groups attached to an aromatic ring is 2. The number of rotatable bonds is 4. The summed E-state index contributed by atoms with van der Waals surface area (Å²) >= 11 is 0. The van der Waals surface area contributed by atoms with Crippen LogP contribution in [0, 0.1) is 12.7 Å². The van der Waals surface area contributed by atoms with Crippen LogP contribution in [0.25, 0.3) is 22.5 Å². The number of nitrogens with zero attached hydrogens (tertiary/aromatic N) is 4. The molecule has 0 fully saturated rings. The van der Waals surface area contributed by atoms with Crippen LogP contribution in [0.1, 0.15) is 16.2 Å². The van der Waals surface area contributed by atoms with Gasteiger partial charge in [-0.3, -0.25) is 14.8 Å². The van der Waals surface area contributed by atoms with E-state index in [1.165, 1.54) is 36.7 Å². The van der Waals surface area contributed by atoms with Crippen molar-refractivity contribution < 1.29 is 9.18 Å². The van der Waals surface area contributed by atoms with Crippen LogP contribution < -0.4 is 16.8 Å². The molecule has 5 N–H and O–H groups in total. The summed E-state index contributed by atoms with van der Waals surface area (Å²) in [5, 5.41) is 2.78. The van der Waals surface area contributed by atoms with Gasteiger partial charge in [0.1, 0.15) is 11.5 Å². The van der Waals surface area contributed by atoms with Gasteiger partial charge in [-0.05, 0) is 55.0 Å². The van der Waals surface area contributed by atoms with Crippen LogP contribution in [0.4, 0.5) is 21.6 Å². The Balaban J connectivity index is 1.70. The van der Waals surface area contributed by atoms with E-state index in [0.717, 1.165) is 11.3 Å². The molecule has 0 aliphatic heterocycles. The van der Waals surface area contributed by atoms with Crippen molar-refractivity contribution >= 4 is 23.1 Å². The van der Waals surface area contributed by atoms with Crippen molar-refractivity contribution in [2.75, 3.05) is 16.8 Å². The summed E-state index contributed by atoms with van der Waals surface area (Å²) < 4.78 is 14.1. The Hall–Kier alpha value is -4.40. The zero-order valence-corrected chi connectivity index (χ0v) is 16.5. The van der Waals surface area contributed by atoms with Gasteiger partial charge in [-0.25, -0.2) is 14.4 Å². The lowest BCUT2D eigenvalue weighted by Crippen LogP contribution is -2.17. The van der Waals surface area contributed by atoms with E-state index in [0.29, 0.717) is 17.1 Å². The maximum atomic E-state index is 14.1. The minimum atomic E-state index is -0.566. The topological polar surface area (TPSA) is 133 Å². The molecule has 0 unspecified atom stereocenters. The number of nitrogens with two attached hydrogens (primary N) is 2. The molecule has 31 heavy (non-hydrogen) atoms. The highest BCUT2D eigenvalue weighted by atomic mass is 19.1. The van der Waals surface area contributed by atoms with Crippen LogP contribution in [0.5, 0.6) is 0 Å². The minimum Gasteiger partial charge on any atom is -0.397 e. The predicted molar refractivity (Wildman–Crippen MR) is 116 cm³/mol. The molecule has 0 aromatic carbocycles. The van der Waals surface area contributed by atoms with Gasteiger partial charge in [0.15, 0.2) is 11.5 Å². The Kier molecular flexibility index (Phi) is 5.23. The summed E-state index contributed by atoms with van der Waals surface area (Å²) in [5.74, 6) is -0.755. The Morgan fingerprint density at radius 3 is 2.68 bits per heavy atom. The van der Waals surface area contributed by atoms with E-state index in [-0.39, 0.29) is 22.8 Å². The summed E-state index contributed by atoms with van der Waals surface area (Å²) in [4.78, 5) is 29.5.